The van der Waals surface area contributed by atoms with E-state index in [0.717, 1.165) is 5.75 Å². The molecule has 26 heavy (non-hydrogen) atoms. The molecule has 0 unspecified atom stereocenters. The second kappa shape index (κ2) is 8.54. The normalized spacial score (nSPS) is 10.5. The molecular formula is C21H19NO3S. The number of carbonyl (C=O) groups is 2. The van der Waals surface area contributed by atoms with Crippen LogP contribution >= 0.6 is 11.8 Å². The van der Waals surface area contributed by atoms with Crippen LogP contribution in [0.15, 0.2) is 66.7 Å². The summed E-state index contributed by atoms with van der Waals surface area (Å²) < 4.78 is 4.65. The topological polar surface area (TPSA) is 55.4 Å². The van der Waals surface area contributed by atoms with E-state index in [1.54, 1.807) is 36.0 Å². The highest BCUT2D eigenvalue weighted by Gasteiger charge is 2.07. The van der Waals surface area contributed by atoms with E-state index in [1.165, 1.54) is 23.4 Å². The first-order valence-electron chi connectivity index (χ1n) is 8.20. The second-order valence-electron chi connectivity index (χ2n) is 5.75. The monoisotopic (exact) mass is 365 g/mol. The fourth-order valence-electron chi connectivity index (χ4n) is 2.68. The predicted molar refractivity (Wildman–Crippen MR) is 107 cm³/mol. The van der Waals surface area contributed by atoms with E-state index in [1.807, 2.05) is 18.2 Å². The first-order valence-corrected chi connectivity index (χ1v) is 9.35. The maximum absolute atomic E-state index is 12.1. The number of anilines is 1. The Morgan fingerprint density at radius 2 is 1.69 bits per heavy atom. The Hall–Kier alpha value is -2.79. The molecule has 0 aliphatic heterocycles. The Bertz CT molecular complexity index is 917. The van der Waals surface area contributed by atoms with Gasteiger partial charge in [0.05, 0.1) is 18.4 Å². The molecule has 0 fully saturated rings. The van der Waals surface area contributed by atoms with E-state index in [0.29, 0.717) is 17.0 Å². The lowest BCUT2D eigenvalue weighted by Crippen LogP contribution is -2.14. The van der Waals surface area contributed by atoms with Crippen molar-refractivity contribution in [3.05, 3.63) is 77.9 Å². The molecule has 0 aliphatic carbocycles. The van der Waals surface area contributed by atoms with Gasteiger partial charge in [0, 0.05) is 11.4 Å². The molecule has 0 saturated heterocycles. The Kier molecular flexibility index (Phi) is 5.92. The minimum absolute atomic E-state index is 0.0685. The van der Waals surface area contributed by atoms with Crippen molar-refractivity contribution >= 4 is 40.1 Å². The molecule has 4 nitrogen and oxygen atoms in total. The largest absolute Gasteiger partial charge is 0.465 e. The average Bonchev–Trinajstić information content (AvgIpc) is 2.68. The van der Waals surface area contributed by atoms with Gasteiger partial charge in [0.2, 0.25) is 5.91 Å². The molecule has 132 valence electrons. The van der Waals surface area contributed by atoms with Crippen LogP contribution in [0.4, 0.5) is 5.69 Å². The van der Waals surface area contributed by atoms with E-state index < -0.39 is 5.97 Å². The second-order valence-corrected chi connectivity index (χ2v) is 6.73. The summed E-state index contributed by atoms with van der Waals surface area (Å²) in [5.41, 5.74) is 2.34. The van der Waals surface area contributed by atoms with Gasteiger partial charge in [0.1, 0.15) is 0 Å². The summed E-state index contributed by atoms with van der Waals surface area (Å²) in [7, 11) is 1.34. The maximum atomic E-state index is 12.1. The number of carbonyl (C=O) groups excluding carboxylic acids is 2. The molecule has 0 aliphatic rings. The van der Waals surface area contributed by atoms with Crippen molar-refractivity contribution in [2.24, 2.45) is 0 Å². The summed E-state index contributed by atoms with van der Waals surface area (Å²) in [5.74, 6) is 0.674. The van der Waals surface area contributed by atoms with Crippen molar-refractivity contribution in [2.75, 3.05) is 18.2 Å². The molecule has 0 atom stereocenters. The van der Waals surface area contributed by atoms with E-state index in [9.17, 15) is 9.59 Å². The number of fused-ring (bicyclic) bond motifs is 1. The molecule has 0 aromatic heterocycles. The van der Waals surface area contributed by atoms with Gasteiger partial charge in [-0.2, -0.15) is 0 Å². The number of esters is 1. The Balaban J connectivity index is 1.53. The van der Waals surface area contributed by atoms with Gasteiger partial charge in [-0.05, 0) is 40.6 Å². The average molecular weight is 365 g/mol. The number of ether oxygens (including phenoxy) is 1. The minimum atomic E-state index is -0.395. The van der Waals surface area contributed by atoms with E-state index >= 15 is 0 Å². The van der Waals surface area contributed by atoms with Crippen molar-refractivity contribution < 1.29 is 14.3 Å². The van der Waals surface area contributed by atoms with Gasteiger partial charge < -0.3 is 10.1 Å². The van der Waals surface area contributed by atoms with Crippen molar-refractivity contribution in [3.8, 4) is 0 Å². The summed E-state index contributed by atoms with van der Waals surface area (Å²) in [6.45, 7) is 0. The summed E-state index contributed by atoms with van der Waals surface area (Å²) >= 11 is 1.57. The van der Waals surface area contributed by atoms with Gasteiger partial charge in [-0.15, -0.1) is 11.8 Å². The highest BCUT2D eigenvalue weighted by atomic mass is 32.2. The number of hydrogen-bond donors (Lipinski definition) is 1. The molecule has 3 rings (SSSR count). The molecule has 5 heteroatoms. The van der Waals surface area contributed by atoms with Crippen LogP contribution in [0.5, 0.6) is 0 Å². The SMILES string of the molecule is COC(=O)c1ccc(NC(=O)CSCc2cccc3ccccc23)cc1. The van der Waals surface area contributed by atoms with Crippen LogP contribution in [-0.2, 0) is 15.3 Å². The van der Waals surface area contributed by atoms with Crippen molar-refractivity contribution in [1.82, 2.24) is 0 Å². The van der Waals surface area contributed by atoms with Crippen LogP contribution in [0.3, 0.4) is 0 Å². The summed E-state index contributed by atoms with van der Waals surface area (Å²) in [4.78, 5) is 23.5. The lowest BCUT2D eigenvalue weighted by atomic mass is 10.1. The summed E-state index contributed by atoms with van der Waals surface area (Å²) in [6, 6.07) is 21.1. The number of rotatable bonds is 6. The fourth-order valence-corrected chi connectivity index (χ4v) is 3.51. The van der Waals surface area contributed by atoms with Crippen molar-refractivity contribution in [3.63, 3.8) is 0 Å². The zero-order chi connectivity index (χ0) is 18.4. The molecule has 0 heterocycles. The highest BCUT2D eigenvalue weighted by molar-refractivity contribution is 7.99. The number of nitrogens with one attached hydrogen (secondary N) is 1. The van der Waals surface area contributed by atoms with Gasteiger partial charge in [0.25, 0.3) is 0 Å². The van der Waals surface area contributed by atoms with Crippen LogP contribution < -0.4 is 5.32 Å². The van der Waals surface area contributed by atoms with Gasteiger partial charge in [-0.3, -0.25) is 4.79 Å². The van der Waals surface area contributed by atoms with Crippen LogP contribution in [0.2, 0.25) is 0 Å². The quantitative estimate of drug-likeness (QED) is 0.654. The van der Waals surface area contributed by atoms with Gasteiger partial charge in [-0.25, -0.2) is 4.79 Å². The van der Waals surface area contributed by atoms with Crippen LogP contribution in [0.25, 0.3) is 10.8 Å². The molecule has 0 radical (unpaired) electrons. The zero-order valence-corrected chi connectivity index (χ0v) is 15.2. The van der Waals surface area contributed by atoms with Gasteiger partial charge in [0.15, 0.2) is 0 Å². The zero-order valence-electron chi connectivity index (χ0n) is 14.4. The third kappa shape index (κ3) is 4.43. The number of hydrogen-bond acceptors (Lipinski definition) is 4. The predicted octanol–water partition coefficient (Wildman–Crippen LogP) is 4.50. The molecule has 0 bridgehead atoms. The van der Waals surface area contributed by atoms with E-state index in [4.69, 9.17) is 0 Å². The number of thioether (sulfide) groups is 1. The minimum Gasteiger partial charge on any atom is -0.465 e. The van der Waals surface area contributed by atoms with Crippen LogP contribution in [0.1, 0.15) is 15.9 Å². The van der Waals surface area contributed by atoms with Crippen LogP contribution in [0, 0.1) is 0 Å². The highest BCUT2D eigenvalue weighted by Crippen LogP contribution is 2.22. The van der Waals surface area contributed by atoms with E-state index in [2.05, 4.69) is 34.3 Å². The molecule has 0 saturated carbocycles. The number of benzene rings is 3. The smallest absolute Gasteiger partial charge is 0.337 e. The van der Waals surface area contributed by atoms with Crippen LogP contribution in [-0.4, -0.2) is 24.7 Å². The van der Waals surface area contributed by atoms with Crippen molar-refractivity contribution in [2.45, 2.75) is 5.75 Å². The van der Waals surface area contributed by atoms with Crippen molar-refractivity contribution in [1.29, 1.82) is 0 Å². The molecule has 0 spiro atoms. The Morgan fingerprint density at radius 3 is 2.46 bits per heavy atom. The Morgan fingerprint density at radius 1 is 0.962 bits per heavy atom. The molecule has 1 amide bonds. The third-order valence-corrected chi connectivity index (χ3v) is 4.94. The fraction of sp³-hybridized carbons (Fsp3) is 0.143. The van der Waals surface area contributed by atoms with Gasteiger partial charge in [-0.1, -0.05) is 42.5 Å². The lowest BCUT2D eigenvalue weighted by Gasteiger charge is -2.08. The molecular weight excluding hydrogens is 346 g/mol. The van der Waals surface area contributed by atoms with Gasteiger partial charge >= 0.3 is 5.97 Å². The molecule has 1 N–H and O–H groups in total. The molecule has 3 aromatic rings. The number of amides is 1. The van der Waals surface area contributed by atoms with E-state index in [-0.39, 0.29) is 5.91 Å². The first-order chi connectivity index (χ1) is 12.7. The number of methoxy groups -OCH3 is 1. The third-order valence-electron chi connectivity index (χ3n) is 3.96. The Labute approximate surface area is 156 Å². The lowest BCUT2D eigenvalue weighted by molar-refractivity contribution is -0.113. The standard InChI is InChI=1S/C21H19NO3S/c1-25-21(24)16-9-11-18(12-10-16)22-20(23)14-26-13-17-7-4-6-15-5-2-3-8-19(15)17/h2-12H,13-14H2,1H3,(H,22,23). The maximum Gasteiger partial charge on any atom is 0.337 e. The summed E-state index contributed by atoms with van der Waals surface area (Å²) in [6.07, 6.45) is 0. The first kappa shape index (κ1) is 18.0. The molecule has 3 aromatic carbocycles. The summed E-state index contributed by atoms with van der Waals surface area (Å²) in [5, 5.41) is 5.27.